The number of hydrogen-bond donors (Lipinski definition) is 2. The number of amides is 1. The molecule has 0 spiro atoms. The van der Waals surface area contributed by atoms with Crippen LogP contribution in [-0.4, -0.2) is 42.5 Å². The Morgan fingerprint density at radius 3 is 3.05 bits per heavy atom. The SMILES string of the molecule is O=C(CN1CCCC1C1CCCN1)Nc1cccc(I)c1. The number of anilines is 1. The van der Waals surface area contributed by atoms with Crippen molar-refractivity contribution in [3.63, 3.8) is 0 Å². The first kappa shape index (κ1) is 15.2. The van der Waals surface area contributed by atoms with Crippen LogP contribution < -0.4 is 10.6 Å². The van der Waals surface area contributed by atoms with Crippen LogP contribution in [0.1, 0.15) is 25.7 Å². The Morgan fingerprint density at radius 1 is 1.38 bits per heavy atom. The van der Waals surface area contributed by atoms with Gasteiger partial charge in [0.25, 0.3) is 0 Å². The Balaban J connectivity index is 1.56. The molecule has 1 aromatic carbocycles. The molecule has 2 saturated heterocycles. The Morgan fingerprint density at radius 2 is 2.29 bits per heavy atom. The molecule has 2 unspecified atom stereocenters. The molecule has 114 valence electrons. The zero-order valence-corrected chi connectivity index (χ0v) is 14.3. The Labute approximate surface area is 139 Å². The number of halogens is 1. The van der Waals surface area contributed by atoms with Gasteiger partial charge in [0.05, 0.1) is 6.54 Å². The second kappa shape index (κ2) is 7.07. The van der Waals surface area contributed by atoms with Crippen LogP contribution in [0.4, 0.5) is 5.69 Å². The molecule has 2 heterocycles. The first-order chi connectivity index (χ1) is 10.2. The summed E-state index contributed by atoms with van der Waals surface area (Å²) in [5, 5.41) is 6.60. The van der Waals surface area contributed by atoms with Crippen LogP contribution in [0.15, 0.2) is 24.3 Å². The first-order valence-electron chi connectivity index (χ1n) is 7.75. The van der Waals surface area contributed by atoms with E-state index in [1.54, 1.807) is 0 Å². The van der Waals surface area contributed by atoms with Gasteiger partial charge in [0.15, 0.2) is 0 Å². The van der Waals surface area contributed by atoms with Crippen LogP contribution in [0.3, 0.4) is 0 Å². The Kier molecular flexibility index (Phi) is 5.13. The summed E-state index contributed by atoms with van der Waals surface area (Å²) >= 11 is 2.26. The lowest BCUT2D eigenvalue weighted by Gasteiger charge is -2.28. The molecular formula is C16H22IN3O. The van der Waals surface area contributed by atoms with E-state index >= 15 is 0 Å². The van der Waals surface area contributed by atoms with E-state index in [0.29, 0.717) is 18.6 Å². The summed E-state index contributed by atoms with van der Waals surface area (Å²) in [6, 6.07) is 9.06. The maximum atomic E-state index is 12.3. The van der Waals surface area contributed by atoms with Crippen molar-refractivity contribution in [2.45, 2.75) is 37.8 Å². The molecule has 2 fully saturated rings. The minimum atomic E-state index is 0.0990. The lowest BCUT2D eigenvalue weighted by Crippen LogP contribution is -2.46. The molecule has 2 atom stereocenters. The van der Waals surface area contributed by atoms with Crippen molar-refractivity contribution < 1.29 is 4.79 Å². The number of carbonyl (C=O) groups is 1. The third-order valence-corrected chi connectivity index (χ3v) is 5.10. The normalized spacial score (nSPS) is 26.1. The zero-order valence-electron chi connectivity index (χ0n) is 12.1. The molecule has 0 aliphatic carbocycles. The van der Waals surface area contributed by atoms with Crippen LogP contribution in [0.5, 0.6) is 0 Å². The molecule has 2 N–H and O–H groups in total. The van der Waals surface area contributed by atoms with Crippen molar-refractivity contribution in [3.05, 3.63) is 27.8 Å². The number of nitrogens with one attached hydrogen (secondary N) is 2. The van der Waals surface area contributed by atoms with Gasteiger partial charge in [-0.05, 0) is 79.6 Å². The fraction of sp³-hybridized carbons (Fsp3) is 0.562. The van der Waals surface area contributed by atoms with Crippen molar-refractivity contribution in [1.29, 1.82) is 0 Å². The predicted octanol–water partition coefficient (Wildman–Crippen LogP) is 2.45. The zero-order chi connectivity index (χ0) is 14.7. The maximum absolute atomic E-state index is 12.3. The van der Waals surface area contributed by atoms with Gasteiger partial charge in [-0.15, -0.1) is 0 Å². The highest BCUT2D eigenvalue weighted by molar-refractivity contribution is 14.1. The van der Waals surface area contributed by atoms with Crippen molar-refractivity contribution in [2.24, 2.45) is 0 Å². The van der Waals surface area contributed by atoms with Gasteiger partial charge in [0.2, 0.25) is 5.91 Å². The van der Waals surface area contributed by atoms with Crippen LogP contribution >= 0.6 is 22.6 Å². The van der Waals surface area contributed by atoms with E-state index < -0.39 is 0 Å². The summed E-state index contributed by atoms with van der Waals surface area (Å²) in [5.74, 6) is 0.0990. The summed E-state index contributed by atoms with van der Waals surface area (Å²) in [6.45, 7) is 2.68. The summed E-state index contributed by atoms with van der Waals surface area (Å²) in [4.78, 5) is 14.6. The largest absolute Gasteiger partial charge is 0.325 e. The average Bonchev–Trinajstić information content (AvgIpc) is 3.08. The van der Waals surface area contributed by atoms with Gasteiger partial charge in [-0.1, -0.05) is 6.07 Å². The quantitative estimate of drug-likeness (QED) is 0.765. The van der Waals surface area contributed by atoms with Gasteiger partial charge in [0.1, 0.15) is 0 Å². The molecule has 0 bridgehead atoms. The maximum Gasteiger partial charge on any atom is 0.238 e. The molecule has 2 aliphatic heterocycles. The van der Waals surface area contributed by atoms with Gasteiger partial charge >= 0.3 is 0 Å². The highest BCUT2D eigenvalue weighted by atomic mass is 127. The van der Waals surface area contributed by atoms with E-state index in [1.165, 1.54) is 25.7 Å². The molecule has 0 saturated carbocycles. The molecule has 0 radical (unpaired) electrons. The molecule has 2 aliphatic rings. The van der Waals surface area contributed by atoms with Gasteiger partial charge in [-0.2, -0.15) is 0 Å². The first-order valence-corrected chi connectivity index (χ1v) is 8.83. The van der Waals surface area contributed by atoms with E-state index in [0.717, 1.165) is 22.3 Å². The van der Waals surface area contributed by atoms with Gasteiger partial charge in [-0.3, -0.25) is 9.69 Å². The van der Waals surface area contributed by atoms with Crippen LogP contribution in [-0.2, 0) is 4.79 Å². The predicted molar refractivity (Wildman–Crippen MR) is 93.4 cm³/mol. The number of benzene rings is 1. The smallest absolute Gasteiger partial charge is 0.238 e. The number of likely N-dealkylation sites (tertiary alicyclic amines) is 1. The van der Waals surface area contributed by atoms with Gasteiger partial charge in [-0.25, -0.2) is 0 Å². The summed E-state index contributed by atoms with van der Waals surface area (Å²) < 4.78 is 1.14. The average molecular weight is 399 g/mol. The minimum Gasteiger partial charge on any atom is -0.325 e. The lowest BCUT2D eigenvalue weighted by molar-refractivity contribution is -0.117. The third-order valence-electron chi connectivity index (χ3n) is 4.43. The molecule has 5 heteroatoms. The number of carbonyl (C=O) groups excluding carboxylic acids is 1. The van der Waals surface area contributed by atoms with E-state index in [9.17, 15) is 4.79 Å². The fourth-order valence-corrected chi connectivity index (χ4v) is 4.04. The molecule has 4 nitrogen and oxygen atoms in total. The van der Waals surface area contributed by atoms with Crippen molar-refractivity contribution >= 4 is 34.2 Å². The van der Waals surface area contributed by atoms with Crippen LogP contribution in [0, 0.1) is 3.57 Å². The summed E-state index contributed by atoms with van der Waals surface area (Å²) in [7, 11) is 0. The Bertz CT molecular complexity index is 502. The number of hydrogen-bond acceptors (Lipinski definition) is 3. The second-order valence-corrected chi connectivity index (χ2v) is 7.19. The summed E-state index contributed by atoms with van der Waals surface area (Å²) in [6.07, 6.45) is 4.94. The van der Waals surface area contributed by atoms with E-state index in [-0.39, 0.29) is 5.91 Å². The monoisotopic (exact) mass is 399 g/mol. The minimum absolute atomic E-state index is 0.0990. The van der Waals surface area contributed by atoms with Crippen molar-refractivity contribution in [1.82, 2.24) is 10.2 Å². The lowest BCUT2D eigenvalue weighted by atomic mass is 10.0. The molecular weight excluding hydrogens is 377 g/mol. The second-order valence-electron chi connectivity index (χ2n) is 5.94. The molecule has 1 aromatic rings. The van der Waals surface area contributed by atoms with E-state index in [4.69, 9.17) is 0 Å². The van der Waals surface area contributed by atoms with Crippen LogP contribution in [0.2, 0.25) is 0 Å². The van der Waals surface area contributed by atoms with E-state index in [2.05, 4.69) is 38.1 Å². The molecule has 0 aromatic heterocycles. The third kappa shape index (κ3) is 3.96. The highest BCUT2D eigenvalue weighted by Crippen LogP contribution is 2.24. The van der Waals surface area contributed by atoms with Gasteiger partial charge < -0.3 is 10.6 Å². The van der Waals surface area contributed by atoms with Crippen LogP contribution in [0.25, 0.3) is 0 Å². The summed E-state index contributed by atoms with van der Waals surface area (Å²) in [5.41, 5.74) is 0.890. The van der Waals surface area contributed by atoms with Gasteiger partial charge in [0, 0.05) is 21.3 Å². The molecule has 1 amide bonds. The standard InChI is InChI=1S/C16H22IN3O/c17-12-4-1-5-13(10-12)19-16(21)11-20-9-3-7-15(20)14-6-2-8-18-14/h1,4-5,10,14-15,18H,2-3,6-9,11H2,(H,19,21). The van der Waals surface area contributed by atoms with Crippen molar-refractivity contribution in [3.8, 4) is 0 Å². The number of rotatable bonds is 4. The topological polar surface area (TPSA) is 44.4 Å². The van der Waals surface area contributed by atoms with Crippen molar-refractivity contribution in [2.75, 3.05) is 25.0 Å². The Hall–Kier alpha value is -0.660. The highest BCUT2D eigenvalue weighted by Gasteiger charge is 2.33. The molecule has 3 rings (SSSR count). The number of nitrogens with zero attached hydrogens (tertiary/aromatic N) is 1. The molecule has 21 heavy (non-hydrogen) atoms. The fourth-order valence-electron chi connectivity index (χ4n) is 3.50. The van der Waals surface area contributed by atoms with E-state index in [1.807, 2.05) is 24.3 Å².